The highest BCUT2D eigenvalue weighted by atomic mass is 16.5. The van der Waals surface area contributed by atoms with Gasteiger partial charge in [0.15, 0.2) is 0 Å². The third kappa shape index (κ3) is 7.02. The molecule has 1 N–H and O–H groups in total. The highest BCUT2D eigenvalue weighted by Gasteiger charge is 2.08. The topological polar surface area (TPSA) is 21.3 Å². The van der Waals surface area contributed by atoms with E-state index in [1.165, 1.54) is 38.6 Å². The predicted molar refractivity (Wildman–Crippen MR) is 69.7 cm³/mol. The van der Waals surface area contributed by atoms with E-state index in [4.69, 9.17) is 4.74 Å². The number of ether oxygens (including phenoxy) is 1. The second-order valence-electron chi connectivity index (χ2n) is 4.67. The minimum Gasteiger partial charge on any atom is -0.381 e. The maximum Gasteiger partial charge on any atom is 0.0478 e. The van der Waals surface area contributed by atoms with Gasteiger partial charge in [-0.05, 0) is 51.1 Å². The van der Waals surface area contributed by atoms with Crippen LogP contribution in [0, 0.1) is 5.92 Å². The standard InChI is InChI=1S/C14H27NO/c1-2-3-11-16-12-7-10-15-13-14-8-5-4-6-9-14/h4-5,14-15H,2-3,6-13H2,1H3. The minimum atomic E-state index is 0.867. The van der Waals surface area contributed by atoms with Crippen LogP contribution in [0.15, 0.2) is 12.2 Å². The van der Waals surface area contributed by atoms with Crippen LogP contribution in [0.3, 0.4) is 0 Å². The smallest absolute Gasteiger partial charge is 0.0478 e. The zero-order valence-electron chi connectivity index (χ0n) is 10.7. The van der Waals surface area contributed by atoms with E-state index in [1.807, 2.05) is 0 Å². The molecule has 0 aliphatic heterocycles. The van der Waals surface area contributed by atoms with Crippen molar-refractivity contribution in [1.29, 1.82) is 0 Å². The van der Waals surface area contributed by atoms with Crippen molar-refractivity contribution in [3.05, 3.63) is 12.2 Å². The molecule has 0 aromatic heterocycles. The first-order valence-corrected chi connectivity index (χ1v) is 6.87. The molecule has 1 aliphatic rings. The fraction of sp³-hybridized carbons (Fsp3) is 0.857. The lowest BCUT2D eigenvalue weighted by Crippen LogP contribution is -2.25. The van der Waals surface area contributed by atoms with Crippen LogP contribution in [-0.2, 0) is 4.74 Å². The van der Waals surface area contributed by atoms with E-state index < -0.39 is 0 Å². The molecule has 94 valence electrons. The number of rotatable bonds is 9. The highest BCUT2D eigenvalue weighted by molar-refractivity contribution is 4.90. The van der Waals surface area contributed by atoms with Gasteiger partial charge in [-0.25, -0.2) is 0 Å². The molecule has 0 aromatic carbocycles. The normalized spacial score (nSPS) is 20.2. The zero-order valence-corrected chi connectivity index (χ0v) is 10.7. The molecule has 1 atom stereocenters. The average Bonchev–Trinajstić information content (AvgIpc) is 2.34. The largest absolute Gasteiger partial charge is 0.381 e. The Kier molecular flexibility index (Phi) is 8.45. The summed E-state index contributed by atoms with van der Waals surface area (Å²) in [5.74, 6) is 0.867. The molecule has 0 saturated heterocycles. The van der Waals surface area contributed by atoms with Crippen LogP contribution in [0.2, 0.25) is 0 Å². The van der Waals surface area contributed by atoms with E-state index in [0.29, 0.717) is 0 Å². The van der Waals surface area contributed by atoms with Crippen LogP contribution in [0.1, 0.15) is 45.4 Å². The number of nitrogens with one attached hydrogen (secondary N) is 1. The van der Waals surface area contributed by atoms with Crippen molar-refractivity contribution in [1.82, 2.24) is 5.32 Å². The van der Waals surface area contributed by atoms with Crippen LogP contribution < -0.4 is 5.32 Å². The Morgan fingerprint density at radius 3 is 2.88 bits per heavy atom. The Morgan fingerprint density at radius 1 is 1.25 bits per heavy atom. The Morgan fingerprint density at radius 2 is 2.12 bits per heavy atom. The number of hydrogen-bond donors (Lipinski definition) is 1. The van der Waals surface area contributed by atoms with Crippen LogP contribution >= 0.6 is 0 Å². The number of hydrogen-bond acceptors (Lipinski definition) is 2. The molecular weight excluding hydrogens is 198 g/mol. The SMILES string of the molecule is CCCCOCCCNCC1CC=CCC1. The van der Waals surface area contributed by atoms with Crippen LogP contribution in [-0.4, -0.2) is 26.3 Å². The van der Waals surface area contributed by atoms with E-state index in [-0.39, 0.29) is 0 Å². The van der Waals surface area contributed by atoms with Crippen molar-refractivity contribution in [3.63, 3.8) is 0 Å². The molecule has 2 nitrogen and oxygen atoms in total. The molecule has 0 spiro atoms. The second-order valence-corrected chi connectivity index (χ2v) is 4.67. The summed E-state index contributed by atoms with van der Waals surface area (Å²) in [5, 5.41) is 3.53. The summed E-state index contributed by atoms with van der Waals surface area (Å²) < 4.78 is 5.51. The van der Waals surface area contributed by atoms with E-state index in [1.54, 1.807) is 0 Å². The van der Waals surface area contributed by atoms with Gasteiger partial charge in [-0.1, -0.05) is 25.5 Å². The average molecular weight is 225 g/mol. The van der Waals surface area contributed by atoms with Gasteiger partial charge >= 0.3 is 0 Å². The first-order valence-electron chi connectivity index (χ1n) is 6.87. The summed E-state index contributed by atoms with van der Waals surface area (Å²) in [4.78, 5) is 0. The molecule has 16 heavy (non-hydrogen) atoms. The first-order chi connectivity index (χ1) is 7.93. The van der Waals surface area contributed by atoms with Gasteiger partial charge in [0.05, 0.1) is 0 Å². The summed E-state index contributed by atoms with van der Waals surface area (Å²) in [6.45, 7) is 6.33. The van der Waals surface area contributed by atoms with E-state index in [9.17, 15) is 0 Å². The molecule has 0 fully saturated rings. The van der Waals surface area contributed by atoms with Gasteiger partial charge < -0.3 is 10.1 Å². The van der Waals surface area contributed by atoms with Gasteiger partial charge in [0.1, 0.15) is 0 Å². The molecule has 2 heteroatoms. The summed E-state index contributed by atoms with van der Waals surface area (Å²) >= 11 is 0. The molecule has 1 unspecified atom stereocenters. The Bertz CT molecular complexity index is 180. The lowest BCUT2D eigenvalue weighted by molar-refractivity contribution is 0.128. The Hall–Kier alpha value is -0.340. The van der Waals surface area contributed by atoms with Gasteiger partial charge in [0.2, 0.25) is 0 Å². The molecule has 1 rings (SSSR count). The van der Waals surface area contributed by atoms with Crippen LogP contribution in [0.5, 0.6) is 0 Å². The molecule has 1 aliphatic carbocycles. The molecular formula is C14H27NO. The second kappa shape index (κ2) is 9.86. The van der Waals surface area contributed by atoms with Gasteiger partial charge in [0, 0.05) is 13.2 Å². The van der Waals surface area contributed by atoms with E-state index >= 15 is 0 Å². The van der Waals surface area contributed by atoms with Gasteiger partial charge in [0.25, 0.3) is 0 Å². The third-order valence-corrected chi connectivity index (χ3v) is 3.10. The quantitative estimate of drug-likeness (QED) is 0.481. The Balaban J connectivity index is 1.79. The lowest BCUT2D eigenvalue weighted by atomic mass is 9.94. The monoisotopic (exact) mass is 225 g/mol. The van der Waals surface area contributed by atoms with Crippen molar-refractivity contribution < 1.29 is 4.74 Å². The maximum absolute atomic E-state index is 5.51. The summed E-state index contributed by atoms with van der Waals surface area (Å²) in [6.07, 6.45) is 12.1. The van der Waals surface area contributed by atoms with Crippen LogP contribution in [0.25, 0.3) is 0 Å². The number of allylic oxidation sites excluding steroid dienone is 2. The predicted octanol–water partition coefficient (Wildman–Crippen LogP) is 3.14. The summed E-state index contributed by atoms with van der Waals surface area (Å²) in [5.41, 5.74) is 0. The highest BCUT2D eigenvalue weighted by Crippen LogP contribution is 2.16. The molecule has 0 saturated carbocycles. The lowest BCUT2D eigenvalue weighted by Gasteiger charge is -2.18. The van der Waals surface area contributed by atoms with E-state index in [0.717, 1.165) is 32.1 Å². The summed E-state index contributed by atoms with van der Waals surface area (Å²) in [6, 6.07) is 0. The van der Waals surface area contributed by atoms with Crippen LogP contribution in [0.4, 0.5) is 0 Å². The molecule has 0 aromatic rings. The number of unbranched alkanes of at least 4 members (excludes halogenated alkanes) is 1. The maximum atomic E-state index is 5.51. The molecule has 0 amide bonds. The zero-order chi connectivity index (χ0) is 11.5. The fourth-order valence-corrected chi connectivity index (χ4v) is 2.00. The molecule has 0 heterocycles. The summed E-state index contributed by atoms with van der Waals surface area (Å²) in [7, 11) is 0. The first kappa shape index (κ1) is 13.7. The Labute approximate surface area is 100 Å². The van der Waals surface area contributed by atoms with Gasteiger partial charge in [-0.15, -0.1) is 0 Å². The third-order valence-electron chi connectivity index (χ3n) is 3.10. The molecule has 0 radical (unpaired) electrons. The molecule has 0 bridgehead atoms. The van der Waals surface area contributed by atoms with Crippen molar-refractivity contribution in [2.75, 3.05) is 26.3 Å². The minimum absolute atomic E-state index is 0.867. The van der Waals surface area contributed by atoms with Crippen molar-refractivity contribution in [2.45, 2.75) is 45.4 Å². The van der Waals surface area contributed by atoms with Gasteiger partial charge in [-0.2, -0.15) is 0 Å². The van der Waals surface area contributed by atoms with Crippen molar-refractivity contribution in [3.8, 4) is 0 Å². The van der Waals surface area contributed by atoms with Crippen molar-refractivity contribution in [2.24, 2.45) is 5.92 Å². The van der Waals surface area contributed by atoms with E-state index in [2.05, 4.69) is 24.4 Å². The van der Waals surface area contributed by atoms with Crippen molar-refractivity contribution >= 4 is 0 Å². The van der Waals surface area contributed by atoms with Gasteiger partial charge in [-0.3, -0.25) is 0 Å². The fourth-order valence-electron chi connectivity index (χ4n) is 2.00.